The van der Waals surface area contributed by atoms with E-state index in [-0.39, 0.29) is 11.8 Å². The number of aromatic nitrogens is 2. The van der Waals surface area contributed by atoms with Crippen LogP contribution in [0.2, 0.25) is 0 Å². The normalized spacial score (nSPS) is 25.6. The van der Waals surface area contributed by atoms with Gasteiger partial charge in [-0.3, -0.25) is 14.3 Å². The van der Waals surface area contributed by atoms with E-state index in [1.54, 1.807) is 0 Å². The number of carboxylic acids is 1. The number of amides is 1. The highest BCUT2D eigenvalue weighted by molar-refractivity contribution is 5.77. The van der Waals surface area contributed by atoms with E-state index in [2.05, 4.69) is 11.6 Å². The lowest BCUT2D eigenvalue weighted by Gasteiger charge is -2.32. The lowest BCUT2D eigenvalue weighted by Crippen LogP contribution is -2.38. The van der Waals surface area contributed by atoms with Crippen LogP contribution in [0, 0.1) is 24.7 Å². The first-order chi connectivity index (χ1) is 14.0. The summed E-state index contributed by atoms with van der Waals surface area (Å²) >= 11 is 0. The van der Waals surface area contributed by atoms with Crippen LogP contribution in [0.4, 0.5) is 0 Å². The SMILES string of the molecule is Cc1nn(CC2CCCCC2)c2c1CCN(C(=O)CC1CCC(C(=O)O)CC1)C2. The molecule has 6 heteroatoms. The van der Waals surface area contributed by atoms with Gasteiger partial charge < -0.3 is 10.0 Å². The maximum Gasteiger partial charge on any atom is 0.306 e. The topological polar surface area (TPSA) is 75.4 Å². The van der Waals surface area contributed by atoms with Crippen molar-refractivity contribution >= 4 is 11.9 Å². The second-order valence-corrected chi connectivity index (χ2v) is 9.52. The van der Waals surface area contributed by atoms with Crippen LogP contribution in [0.3, 0.4) is 0 Å². The number of carbonyl (C=O) groups excluding carboxylic acids is 1. The molecule has 1 aliphatic heterocycles. The molecular weight excluding hydrogens is 366 g/mol. The molecule has 0 spiro atoms. The molecule has 0 radical (unpaired) electrons. The van der Waals surface area contributed by atoms with Gasteiger partial charge in [0, 0.05) is 19.5 Å². The molecule has 4 rings (SSSR count). The highest BCUT2D eigenvalue weighted by Gasteiger charge is 2.31. The quantitative estimate of drug-likeness (QED) is 0.811. The minimum absolute atomic E-state index is 0.212. The zero-order valence-electron chi connectivity index (χ0n) is 17.7. The highest BCUT2D eigenvalue weighted by Crippen LogP contribution is 2.33. The van der Waals surface area contributed by atoms with Crippen molar-refractivity contribution in [2.75, 3.05) is 6.54 Å². The molecule has 1 amide bonds. The van der Waals surface area contributed by atoms with Crippen LogP contribution in [0.1, 0.15) is 81.2 Å². The van der Waals surface area contributed by atoms with Gasteiger partial charge in [-0.1, -0.05) is 19.3 Å². The molecule has 3 aliphatic rings. The lowest BCUT2D eigenvalue weighted by molar-refractivity contribution is -0.143. The molecule has 1 aromatic rings. The van der Waals surface area contributed by atoms with Gasteiger partial charge in [0.25, 0.3) is 0 Å². The maximum atomic E-state index is 13.0. The van der Waals surface area contributed by atoms with E-state index in [9.17, 15) is 9.59 Å². The maximum absolute atomic E-state index is 13.0. The van der Waals surface area contributed by atoms with Gasteiger partial charge in [-0.25, -0.2) is 0 Å². The Hall–Kier alpha value is -1.85. The van der Waals surface area contributed by atoms with Crippen molar-refractivity contribution in [3.63, 3.8) is 0 Å². The number of aryl methyl sites for hydroxylation is 1. The minimum Gasteiger partial charge on any atom is -0.481 e. The van der Waals surface area contributed by atoms with E-state index in [1.165, 1.54) is 43.4 Å². The van der Waals surface area contributed by atoms with E-state index in [0.717, 1.165) is 44.0 Å². The number of hydrogen-bond donors (Lipinski definition) is 1. The molecular formula is C23H35N3O3. The van der Waals surface area contributed by atoms with Crippen molar-refractivity contribution in [2.45, 2.75) is 90.6 Å². The Bertz CT molecular complexity index is 743. The fourth-order valence-electron chi connectivity index (χ4n) is 5.64. The first kappa shape index (κ1) is 20.4. The third-order valence-corrected chi connectivity index (χ3v) is 7.51. The van der Waals surface area contributed by atoms with Crippen LogP contribution in [-0.2, 0) is 29.1 Å². The molecule has 2 saturated carbocycles. The average molecular weight is 402 g/mol. The molecule has 2 fully saturated rings. The number of carbonyl (C=O) groups is 2. The van der Waals surface area contributed by atoms with Gasteiger partial charge in [0.2, 0.25) is 5.91 Å². The summed E-state index contributed by atoms with van der Waals surface area (Å²) < 4.78 is 2.21. The average Bonchev–Trinajstić information content (AvgIpc) is 3.04. The Morgan fingerprint density at radius 2 is 1.76 bits per heavy atom. The zero-order chi connectivity index (χ0) is 20.4. The Labute approximate surface area is 173 Å². The molecule has 0 saturated heterocycles. The minimum atomic E-state index is -0.681. The van der Waals surface area contributed by atoms with Crippen LogP contribution in [0.15, 0.2) is 0 Å². The van der Waals surface area contributed by atoms with Crippen molar-refractivity contribution in [1.82, 2.24) is 14.7 Å². The van der Waals surface area contributed by atoms with E-state index in [4.69, 9.17) is 10.2 Å². The van der Waals surface area contributed by atoms with Crippen LogP contribution < -0.4 is 0 Å². The third-order valence-electron chi connectivity index (χ3n) is 7.51. The van der Waals surface area contributed by atoms with E-state index in [0.29, 0.717) is 31.7 Å². The summed E-state index contributed by atoms with van der Waals surface area (Å²) in [6, 6.07) is 0. The fraction of sp³-hybridized carbons (Fsp3) is 0.783. The predicted octanol–water partition coefficient (Wildman–Crippen LogP) is 3.94. The van der Waals surface area contributed by atoms with Crippen molar-refractivity contribution < 1.29 is 14.7 Å². The molecule has 1 N–H and O–H groups in total. The molecule has 0 aromatic carbocycles. The van der Waals surface area contributed by atoms with Crippen LogP contribution in [0.5, 0.6) is 0 Å². The number of hydrogen-bond acceptors (Lipinski definition) is 3. The molecule has 2 heterocycles. The van der Waals surface area contributed by atoms with Gasteiger partial charge in [-0.15, -0.1) is 0 Å². The van der Waals surface area contributed by atoms with Crippen LogP contribution in [0.25, 0.3) is 0 Å². The number of aliphatic carboxylic acids is 1. The summed E-state index contributed by atoms with van der Waals surface area (Å²) in [6.45, 7) is 4.57. The van der Waals surface area contributed by atoms with Gasteiger partial charge in [-0.05, 0) is 69.3 Å². The van der Waals surface area contributed by atoms with Gasteiger partial charge in [0.15, 0.2) is 0 Å². The summed E-state index contributed by atoms with van der Waals surface area (Å²) in [5.41, 5.74) is 3.74. The molecule has 160 valence electrons. The third kappa shape index (κ3) is 4.67. The summed E-state index contributed by atoms with van der Waals surface area (Å²) in [6.07, 6.45) is 11.3. The van der Waals surface area contributed by atoms with E-state index < -0.39 is 5.97 Å². The number of fused-ring (bicyclic) bond motifs is 1. The lowest BCUT2D eigenvalue weighted by atomic mass is 9.80. The van der Waals surface area contributed by atoms with Gasteiger partial charge in [0.05, 0.1) is 23.9 Å². The Morgan fingerprint density at radius 3 is 2.45 bits per heavy atom. The summed E-state index contributed by atoms with van der Waals surface area (Å²) in [4.78, 5) is 26.1. The molecule has 1 aromatic heterocycles. The number of rotatable bonds is 5. The second-order valence-electron chi connectivity index (χ2n) is 9.52. The molecule has 2 aliphatic carbocycles. The summed E-state index contributed by atoms with van der Waals surface area (Å²) in [5, 5.41) is 14.0. The standard InChI is InChI=1S/C23H35N3O3/c1-16-20-11-12-25(22(27)13-17-7-9-19(10-8-17)23(28)29)15-21(20)26(24-16)14-18-5-3-2-4-6-18/h17-19H,2-15H2,1H3,(H,28,29). The fourth-order valence-corrected chi connectivity index (χ4v) is 5.64. The van der Waals surface area contributed by atoms with Crippen molar-refractivity contribution in [2.24, 2.45) is 17.8 Å². The van der Waals surface area contributed by atoms with Gasteiger partial charge in [0.1, 0.15) is 0 Å². The van der Waals surface area contributed by atoms with Gasteiger partial charge >= 0.3 is 5.97 Å². The summed E-state index contributed by atoms with van der Waals surface area (Å²) in [7, 11) is 0. The monoisotopic (exact) mass is 401 g/mol. The first-order valence-electron chi connectivity index (χ1n) is 11.6. The Kier molecular flexibility index (Phi) is 6.26. The van der Waals surface area contributed by atoms with E-state index in [1.807, 2.05) is 4.90 Å². The van der Waals surface area contributed by atoms with Crippen LogP contribution in [-0.4, -0.2) is 38.2 Å². The Morgan fingerprint density at radius 1 is 1.03 bits per heavy atom. The smallest absolute Gasteiger partial charge is 0.306 e. The number of nitrogens with zero attached hydrogens (tertiary/aromatic N) is 3. The zero-order valence-corrected chi connectivity index (χ0v) is 17.7. The molecule has 29 heavy (non-hydrogen) atoms. The number of carboxylic acid groups (broad SMARTS) is 1. The largest absolute Gasteiger partial charge is 0.481 e. The molecule has 6 nitrogen and oxygen atoms in total. The van der Waals surface area contributed by atoms with Crippen molar-refractivity contribution in [3.05, 3.63) is 17.0 Å². The van der Waals surface area contributed by atoms with Gasteiger partial charge in [-0.2, -0.15) is 5.10 Å². The highest BCUT2D eigenvalue weighted by atomic mass is 16.4. The van der Waals surface area contributed by atoms with Crippen molar-refractivity contribution in [3.8, 4) is 0 Å². The van der Waals surface area contributed by atoms with Crippen LogP contribution >= 0.6 is 0 Å². The Balaban J connectivity index is 1.36. The van der Waals surface area contributed by atoms with Crippen molar-refractivity contribution in [1.29, 1.82) is 0 Å². The molecule has 0 atom stereocenters. The van der Waals surface area contributed by atoms with E-state index >= 15 is 0 Å². The summed E-state index contributed by atoms with van der Waals surface area (Å²) in [5.74, 6) is 0.407. The second kappa shape index (κ2) is 8.88. The predicted molar refractivity (Wildman–Crippen MR) is 110 cm³/mol. The molecule has 0 unspecified atom stereocenters. The first-order valence-corrected chi connectivity index (χ1v) is 11.6. The molecule has 0 bridgehead atoms.